The molecular formula is C48H61ClN8O5S. The second-order valence-corrected chi connectivity index (χ2v) is 19.6. The SMILES string of the molecule is C/C=C(\CCCl)C1=C(CN2CCN(c3ccc(C(=O)NSc4ccc(NCCN5CCC6(CCOC6)CC5)c([N+](=O)[O-])c4)c(Oc4cnc5[nH]ccc5c4)c3)CC2)CCC(C)(C)C1. The predicted molar refractivity (Wildman–Crippen MR) is 253 cm³/mol. The van der Waals surface area contributed by atoms with Crippen molar-refractivity contribution >= 4 is 57.6 Å². The number of alkyl halides is 1. The second kappa shape index (κ2) is 20.1. The number of aromatic nitrogens is 2. The summed E-state index contributed by atoms with van der Waals surface area (Å²) in [5, 5.41) is 16.4. The average Bonchev–Trinajstić information content (AvgIpc) is 3.96. The lowest BCUT2D eigenvalue weighted by molar-refractivity contribution is -0.384. The van der Waals surface area contributed by atoms with Crippen LogP contribution in [0.2, 0.25) is 0 Å². The van der Waals surface area contributed by atoms with Crippen LogP contribution in [0.15, 0.2) is 88.6 Å². The van der Waals surface area contributed by atoms with Gasteiger partial charge < -0.3 is 29.6 Å². The standard InChI is InChI=1S/C48H61ClN8O5S/c1-4-34(10-16-49)41-30-47(2,3)12-9-36(41)32-55-22-24-56(25-23-55)37-5-7-40(44(28-37)62-38-27-35-11-17-51-45(35)52-31-38)46(58)53-63-39-6-8-42(43(29-39)57(59)60)50-18-21-54-19-13-48(14-20-54)15-26-61-33-48/h4-8,11,17,27-29,31,50H,9-10,12-16,18-26,30,32-33H2,1-3H3,(H,51,52)(H,53,58)/b34-4+. The molecule has 0 atom stereocenters. The fourth-order valence-corrected chi connectivity index (χ4v) is 10.4. The van der Waals surface area contributed by atoms with Crippen molar-refractivity contribution in [2.75, 3.05) is 88.2 Å². The molecule has 0 bridgehead atoms. The second-order valence-electron chi connectivity index (χ2n) is 18.3. The number of anilines is 2. The number of halogens is 1. The van der Waals surface area contributed by atoms with Crippen molar-refractivity contribution in [2.45, 2.75) is 70.6 Å². The Balaban J connectivity index is 0.924. The van der Waals surface area contributed by atoms with Crippen molar-refractivity contribution in [3.05, 3.63) is 99.4 Å². The van der Waals surface area contributed by atoms with E-state index in [1.54, 1.807) is 30.0 Å². The van der Waals surface area contributed by atoms with Crippen LogP contribution in [0.1, 0.15) is 76.1 Å². The number of likely N-dealkylation sites (tertiary alicyclic amines) is 1. The highest BCUT2D eigenvalue weighted by atomic mass is 35.5. The number of pyridine rings is 1. The fourth-order valence-electron chi connectivity index (χ4n) is 9.61. The van der Waals surface area contributed by atoms with E-state index in [0.717, 1.165) is 133 Å². The van der Waals surface area contributed by atoms with E-state index in [-0.39, 0.29) is 21.9 Å². The number of fused-ring (bicyclic) bond motifs is 1. The van der Waals surface area contributed by atoms with Crippen LogP contribution < -0.4 is 19.7 Å². The van der Waals surface area contributed by atoms with E-state index in [4.69, 9.17) is 21.1 Å². The van der Waals surface area contributed by atoms with Gasteiger partial charge in [-0.1, -0.05) is 25.5 Å². The van der Waals surface area contributed by atoms with E-state index in [2.05, 4.69) is 61.6 Å². The summed E-state index contributed by atoms with van der Waals surface area (Å²) in [7, 11) is 0. The summed E-state index contributed by atoms with van der Waals surface area (Å²) >= 11 is 7.28. The number of carbonyl (C=O) groups excluding carboxylic acids is 1. The van der Waals surface area contributed by atoms with Gasteiger partial charge in [0.15, 0.2) is 0 Å². The van der Waals surface area contributed by atoms with Gasteiger partial charge >= 0.3 is 0 Å². The molecule has 0 saturated carbocycles. The first-order chi connectivity index (χ1) is 30.5. The number of piperidine rings is 1. The zero-order chi connectivity index (χ0) is 44.0. The molecule has 336 valence electrons. The minimum Gasteiger partial charge on any atom is -0.455 e. The van der Waals surface area contributed by atoms with Crippen LogP contribution in [0.25, 0.3) is 11.0 Å². The molecule has 2 aromatic carbocycles. The number of hydrogen-bond acceptors (Lipinski definition) is 11. The minimum absolute atomic E-state index is 0.0372. The van der Waals surface area contributed by atoms with Crippen LogP contribution in [-0.4, -0.2) is 109 Å². The van der Waals surface area contributed by atoms with Gasteiger partial charge in [0.2, 0.25) is 0 Å². The number of benzene rings is 2. The number of nitro benzene ring substituents is 1. The number of nitro groups is 1. The number of ether oxygens (including phenoxy) is 2. The van der Waals surface area contributed by atoms with Gasteiger partial charge in [-0.25, -0.2) is 4.98 Å². The van der Waals surface area contributed by atoms with Gasteiger partial charge in [0.1, 0.15) is 22.8 Å². The molecular weight excluding hydrogens is 836 g/mol. The molecule has 5 heterocycles. The lowest BCUT2D eigenvalue weighted by atomic mass is 9.72. The summed E-state index contributed by atoms with van der Waals surface area (Å²) in [6.07, 6.45) is 13.4. The Hall–Kier alpha value is -4.60. The maximum Gasteiger partial charge on any atom is 0.293 e. The number of hydrogen-bond donors (Lipinski definition) is 3. The summed E-state index contributed by atoms with van der Waals surface area (Å²) in [6, 6.07) is 14.5. The first kappa shape index (κ1) is 45.0. The summed E-state index contributed by atoms with van der Waals surface area (Å²) < 4.78 is 15.0. The minimum atomic E-state index is -0.382. The molecule has 8 rings (SSSR count). The van der Waals surface area contributed by atoms with Crippen molar-refractivity contribution in [1.29, 1.82) is 0 Å². The molecule has 3 N–H and O–H groups in total. The molecule has 63 heavy (non-hydrogen) atoms. The number of rotatable bonds is 16. The quantitative estimate of drug-likeness (QED) is 0.0429. The zero-order valence-electron chi connectivity index (χ0n) is 36.8. The third-order valence-corrected chi connectivity index (χ3v) is 14.5. The van der Waals surface area contributed by atoms with Gasteiger partial charge in [-0.2, -0.15) is 0 Å². The summed E-state index contributed by atoms with van der Waals surface area (Å²) in [5.41, 5.74) is 7.56. The van der Waals surface area contributed by atoms with E-state index in [1.807, 2.05) is 30.5 Å². The monoisotopic (exact) mass is 896 g/mol. The topological polar surface area (TPSA) is 141 Å². The summed E-state index contributed by atoms with van der Waals surface area (Å²) in [6.45, 7) is 16.5. The van der Waals surface area contributed by atoms with E-state index in [9.17, 15) is 14.9 Å². The largest absolute Gasteiger partial charge is 0.455 e. The van der Waals surface area contributed by atoms with Gasteiger partial charge in [-0.3, -0.25) is 24.5 Å². The maximum absolute atomic E-state index is 13.9. The van der Waals surface area contributed by atoms with Crippen LogP contribution >= 0.6 is 23.5 Å². The Morgan fingerprint density at radius 1 is 1.05 bits per heavy atom. The van der Waals surface area contributed by atoms with Gasteiger partial charge in [-0.05, 0) is 135 Å². The van der Waals surface area contributed by atoms with Crippen molar-refractivity contribution in [2.24, 2.45) is 10.8 Å². The number of carbonyl (C=O) groups is 1. The van der Waals surface area contributed by atoms with E-state index in [0.29, 0.717) is 45.5 Å². The third-order valence-electron chi connectivity index (χ3n) is 13.5. The smallest absolute Gasteiger partial charge is 0.293 e. The lowest BCUT2D eigenvalue weighted by Gasteiger charge is -2.39. The van der Waals surface area contributed by atoms with Gasteiger partial charge in [0.05, 0.1) is 23.3 Å². The summed E-state index contributed by atoms with van der Waals surface area (Å²) in [4.78, 5) is 41.2. The normalized spacial score (nSPS) is 19.5. The van der Waals surface area contributed by atoms with Crippen LogP contribution in [0.3, 0.4) is 0 Å². The van der Waals surface area contributed by atoms with Crippen LogP contribution in [0.5, 0.6) is 11.5 Å². The molecule has 13 nitrogen and oxygen atoms in total. The van der Waals surface area contributed by atoms with Gasteiger partial charge in [-0.15, -0.1) is 11.6 Å². The molecule has 15 heteroatoms. The molecule has 1 amide bonds. The van der Waals surface area contributed by atoms with Crippen molar-refractivity contribution in [1.82, 2.24) is 24.5 Å². The van der Waals surface area contributed by atoms with Crippen LogP contribution in [-0.2, 0) is 4.74 Å². The fraction of sp³-hybridized carbons (Fsp3) is 0.500. The van der Waals surface area contributed by atoms with Crippen LogP contribution in [0.4, 0.5) is 17.1 Å². The number of amides is 1. The van der Waals surface area contributed by atoms with Crippen LogP contribution in [0, 0.1) is 20.9 Å². The molecule has 1 spiro atoms. The molecule has 3 aliphatic heterocycles. The highest BCUT2D eigenvalue weighted by molar-refractivity contribution is 7.98. The molecule has 2 aromatic heterocycles. The van der Waals surface area contributed by atoms with Gasteiger partial charge in [0, 0.05) is 92.6 Å². The lowest BCUT2D eigenvalue weighted by Crippen LogP contribution is -2.47. The number of H-pyrrole nitrogens is 1. The average molecular weight is 898 g/mol. The molecule has 4 aliphatic rings. The van der Waals surface area contributed by atoms with E-state index >= 15 is 0 Å². The Bertz CT molecular complexity index is 2320. The number of aromatic amines is 1. The highest BCUT2D eigenvalue weighted by Gasteiger charge is 2.38. The molecule has 3 fully saturated rings. The zero-order valence-corrected chi connectivity index (χ0v) is 38.4. The molecule has 4 aromatic rings. The van der Waals surface area contributed by atoms with E-state index < -0.39 is 0 Å². The Labute approximate surface area is 380 Å². The van der Waals surface area contributed by atoms with Gasteiger partial charge in [0.25, 0.3) is 11.6 Å². The Morgan fingerprint density at radius 2 is 1.87 bits per heavy atom. The third kappa shape index (κ3) is 11.0. The van der Waals surface area contributed by atoms with Crippen molar-refractivity contribution in [3.63, 3.8) is 0 Å². The first-order valence-corrected chi connectivity index (χ1v) is 23.8. The number of allylic oxidation sites excluding steroid dienone is 3. The highest BCUT2D eigenvalue weighted by Crippen LogP contribution is 2.43. The number of nitrogens with zero attached hydrogens (tertiary/aromatic N) is 5. The number of nitrogens with one attached hydrogen (secondary N) is 3. The van der Waals surface area contributed by atoms with Crippen molar-refractivity contribution in [3.8, 4) is 11.5 Å². The molecule has 1 aliphatic carbocycles. The Kier molecular flexibility index (Phi) is 14.3. The van der Waals surface area contributed by atoms with E-state index in [1.165, 1.54) is 23.6 Å². The predicted octanol–water partition coefficient (Wildman–Crippen LogP) is 9.82. The summed E-state index contributed by atoms with van der Waals surface area (Å²) in [5.74, 6) is 1.15. The molecule has 0 unspecified atom stereocenters. The number of piperazine rings is 1. The van der Waals surface area contributed by atoms with Crippen molar-refractivity contribution < 1.29 is 19.2 Å². The molecule has 0 radical (unpaired) electrons. The maximum atomic E-state index is 13.9. The Morgan fingerprint density at radius 3 is 2.62 bits per heavy atom. The molecule has 3 saturated heterocycles. The first-order valence-electron chi connectivity index (χ1n) is 22.4.